The van der Waals surface area contributed by atoms with E-state index in [1.165, 1.54) is 24.8 Å². The molecule has 2 unspecified atom stereocenters. The summed E-state index contributed by atoms with van der Waals surface area (Å²) >= 11 is 0. The van der Waals surface area contributed by atoms with Crippen molar-refractivity contribution in [1.29, 1.82) is 0 Å². The van der Waals surface area contributed by atoms with Crippen LogP contribution in [0.5, 0.6) is 11.5 Å². The zero-order chi connectivity index (χ0) is 13.7. The summed E-state index contributed by atoms with van der Waals surface area (Å²) < 4.78 is 11.6. The molecule has 3 heteroatoms. The van der Waals surface area contributed by atoms with Crippen LogP contribution in [0.25, 0.3) is 0 Å². The molecule has 3 nitrogen and oxygen atoms in total. The van der Waals surface area contributed by atoms with Gasteiger partial charge in [0, 0.05) is 6.04 Å². The highest BCUT2D eigenvalue weighted by molar-refractivity contribution is 5.43. The molecule has 0 saturated heterocycles. The molecule has 0 spiro atoms. The monoisotopic (exact) mass is 263 g/mol. The Morgan fingerprint density at radius 2 is 2.00 bits per heavy atom. The molecule has 1 aliphatic carbocycles. The lowest BCUT2D eigenvalue weighted by Gasteiger charge is -2.32. The van der Waals surface area contributed by atoms with Crippen LogP contribution >= 0.6 is 0 Å². The maximum absolute atomic E-state index is 6.19. The molecule has 0 radical (unpaired) electrons. The summed E-state index contributed by atoms with van der Waals surface area (Å²) in [5, 5.41) is 3.37. The van der Waals surface area contributed by atoms with Crippen LogP contribution in [-0.4, -0.2) is 26.3 Å². The van der Waals surface area contributed by atoms with Crippen molar-refractivity contribution in [3.63, 3.8) is 0 Å². The Hall–Kier alpha value is -1.22. The molecule has 2 atom stereocenters. The molecule has 19 heavy (non-hydrogen) atoms. The smallest absolute Gasteiger partial charge is 0.161 e. The van der Waals surface area contributed by atoms with Crippen molar-refractivity contribution in [1.82, 2.24) is 5.32 Å². The number of methoxy groups -OCH3 is 1. The van der Waals surface area contributed by atoms with Crippen LogP contribution in [0.1, 0.15) is 38.2 Å². The van der Waals surface area contributed by atoms with Crippen molar-refractivity contribution < 1.29 is 9.47 Å². The Labute approximate surface area is 116 Å². The molecule has 0 amide bonds. The van der Waals surface area contributed by atoms with Crippen LogP contribution in [0.15, 0.2) is 18.2 Å². The van der Waals surface area contributed by atoms with Gasteiger partial charge >= 0.3 is 0 Å². The fourth-order valence-electron chi connectivity index (χ4n) is 2.76. The first-order valence-electron chi connectivity index (χ1n) is 7.29. The van der Waals surface area contributed by atoms with Gasteiger partial charge in [0.25, 0.3) is 0 Å². The highest BCUT2D eigenvalue weighted by atomic mass is 16.5. The van der Waals surface area contributed by atoms with Gasteiger partial charge in [0.1, 0.15) is 6.10 Å². The Bertz CT molecular complexity index is 406. The van der Waals surface area contributed by atoms with Crippen molar-refractivity contribution in [2.45, 2.75) is 51.2 Å². The number of benzene rings is 1. The Morgan fingerprint density at radius 3 is 2.68 bits per heavy atom. The Morgan fingerprint density at radius 1 is 1.21 bits per heavy atom. The normalized spacial score (nSPS) is 23.1. The minimum Gasteiger partial charge on any atom is -0.493 e. The van der Waals surface area contributed by atoms with E-state index in [4.69, 9.17) is 9.47 Å². The van der Waals surface area contributed by atoms with Gasteiger partial charge in [0.05, 0.1) is 7.11 Å². The van der Waals surface area contributed by atoms with Crippen LogP contribution in [0.3, 0.4) is 0 Å². The first-order chi connectivity index (χ1) is 9.28. The van der Waals surface area contributed by atoms with Gasteiger partial charge in [-0.15, -0.1) is 0 Å². The summed E-state index contributed by atoms with van der Waals surface area (Å²) in [6, 6.07) is 6.69. The number of ether oxygens (including phenoxy) is 2. The summed E-state index contributed by atoms with van der Waals surface area (Å²) in [5.41, 5.74) is 1.28. The highest BCUT2D eigenvalue weighted by Gasteiger charge is 2.26. The molecule has 1 aliphatic rings. The fraction of sp³-hybridized carbons (Fsp3) is 0.625. The van der Waals surface area contributed by atoms with Gasteiger partial charge in [-0.2, -0.15) is 0 Å². The van der Waals surface area contributed by atoms with Crippen molar-refractivity contribution in [3.05, 3.63) is 23.8 Å². The summed E-state index contributed by atoms with van der Waals surface area (Å²) in [6.45, 7) is 2.15. The second kappa shape index (κ2) is 6.80. The van der Waals surface area contributed by atoms with Gasteiger partial charge in [0.2, 0.25) is 0 Å². The van der Waals surface area contributed by atoms with Gasteiger partial charge in [-0.25, -0.2) is 0 Å². The van der Waals surface area contributed by atoms with E-state index in [0.717, 1.165) is 24.3 Å². The number of aryl methyl sites for hydroxylation is 1. The predicted molar refractivity (Wildman–Crippen MR) is 78.1 cm³/mol. The van der Waals surface area contributed by atoms with E-state index >= 15 is 0 Å². The van der Waals surface area contributed by atoms with Crippen molar-refractivity contribution >= 4 is 0 Å². The van der Waals surface area contributed by atoms with Gasteiger partial charge in [-0.05, 0) is 50.4 Å². The molecule has 0 bridgehead atoms. The summed E-state index contributed by atoms with van der Waals surface area (Å²) in [6.07, 6.45) is 6.11. The molecule has 1 N–H and O–H groups in total. The first-order valence-corrected chi connectivity index (χ1v) is 7.29. The summed E-state index contributed by atoms with van der Waals surface area (Å²) in [4.78, 5) is 0. The molecule has 106 valence electrons. The van der Waals surface area contributed by atoms with E-state index in [1.807, 2.05) is 13.1 Å². The number of hydrogen-bond acceptors (Lipinski definition) is 3. The largest absolute Gasteiger partial charge is 0.493 e. The van der Waals surface area contributed by atoms with E-state index < -0.39 is 0 Å². The molecule has 1 saturated carbocycles. The van der Waals surface area contributed by atoms with Crippen LogP contribution in [0.4, 0.5) is 0 Å². The molecule has 0 aromatic heterocycles. The zero-order valence-electron chi connectivity index (χ0n) is 12.2. The lowest BCUT2D eigenvalue weighted by Crippen LogP contribution is -2.43. The average molecular weight is 263 g/mol. The maximum atomic E-state index is 6.19. The topological polar surface area (TPSA) is 30.5 Å². The molecule has 1 aromatic carbocycles. The second-order valence-corrected chi connectivity index (χ2v) is 5.17. The third-order valence-corrected chi connectivity index (χ3v) is 3.99. The number of nitrogens with one attached hydrogen (secondary N) is 1. The van der Waals surface area contributed by atoms with E-state index in [1.54, 1.807) is 7.11 Å². The van der Waals surface area contributed by atoms with Crippen LogP contribution < -0.4 is 14.8 Å². The number of likely N-dealkylation sites (N-methyl/N-ethyl adjacent to an activating group) is 1. The highest BCUT2D eigenvalue weighted by Crippen LogP contribution is 2.32. The predicted octanol–water partition coefficient (Wildman–Crippen LogP) is 3.17. The third kappa shape index (κ3) is 3.41. The third-order valence-electron chi connectivity index (χ3n) is 3.99. The SMILES string of the molecule is CCc1ccc(OC2CCCCC2NC)c(OC)c1. The van der Waals surface area contributed by atoms with E-state index in [0.29, 0.717) is 6.04 Å². The minimum absolute atomic E-state index is 0.250. The summed E-state index contributed by atoms with van der Waals surface area (Å²) in [7, 11) is 3.72. The Balaban J connectivity index is 2.12. The maximum Gasteiger partial charge on any atom is 0.161 e. The Kier molecular flexibility index (Phi) is 5.08. The molecule has 1 fully saturated rings. The van der Waals surface area contributed by atoms with E-state index in [2.05, 4.69) is 24.4 Å². The van der Waals surface area contributed by atoms with Gasteiger partial charge in [0.15, 0.2) is 11.5 Å². The first kappa shape index (κ1) is 14.2. The standard InChI is InChI=1S/C16H25NO2/c1-4-12-9-10-15(16(11-12)18-3)19-14-8-6-5-7-13(14)17-2/h9-11,13-14,17H,4-8H2,1-3H3. The minimum atomic E-state index is 0.250. The molecule has 2 rings (SSSR count). The molecular weight excluding hydrogens is 238 g/mol. The van der Waals surface area contributed by atoms with Crippen LogP contribution in [0.2, 0.25) is 0 Å². The lowest BCUT2D eigenvalue weighted by molar-refractivity contribution is 0.114. The number of hydrogen-bond donors (Lipinski definition) is 1. The zero-order valence-corrected chi connectivity index (χ0v) is 12.2. The molecular formula is C16H25NO2. The van der Waals surface area contributed by atoms with Crippen molar-refractivity contribution in [2.75, 3.05) is 14.2 Å². The van der Waals surface area contributed by atoms with E-state index in [9.17, 15) is 0 Å². The molecule has 1 aromatic rings. The molecule has 0 aliphatic heterocycles. The lowest BCUT2D eigenvalue weighted by atomic mass is 9.92. The van der Waals surface area contributed by atoms with Crippen LogP contribution in [-0.2, 0) is 6.42 Å². The molecule has 0 heterocycles. The average Bonchev–Trinajstić information content (AvgIpc) is 2.48. The summed E-state index contributed by atoms with van der Waals surface area (Å²) in [5.74, 6) is 1.71. The second-order valence-electron chi connectivity index (χ2n) is 5.17. The van der Waals surface area contributed by atoms with E-state index in [-0.39, 0.29) is 6.10 Å². The van der Waals surface area contributed by atoms with Crippen molar-refractivity contribution in [2.24, 2.45) is 0 Å². The van der Waals surface area contributed by atoms with Crippen molar-refractivity contribution in [3.8, 4) is 11.5 Å². The fourth-order valence-corrected chi connectivity index (χ4v) is 2.76. The van der Waals surface area contributed by atoms with Gasteiger partial charge < -0.3 is 14.8 Å². The quantitative estimate of drug-likeness (QED) is 0.885. The van der Waals surface area contributed by atoms with Gasteiger partial charge in [-0.1, -0.05) is 19.4 Å². The number of rotatable bonds is 5. The van der Waals surface area contributed by atoms with Crippen LogP contribution in [0, 0.1) is 0 Å². The van der Waals surface area contributed by atoms with Gasteiger partial charge in [-0.3, -0.25) is 0 Å².